The predicted molar refractivity (Wildman–Crippen MR) is 70.1 cm³/mol. The molecule has 0 aliphatic rings. The Labute approximate surface area is 115 Å². The standard InChI is InChI=1S/C10H11Cl2NO4S/c1-7(4-5-11)18(16,17)10-3-2-8(13(14)15)6-9(10)12/h2-3,6-7H,4-5H2,1H3. The van der Waals surface area contributed by atoms with Gasteiger partial charge >= 0.3 is 0 Å². The van der Waals surface area contributed by atoms with Gasteiger partial charge in [0.2, 0.25) is 0 Å². The van der Waals surface area contributed by atoms with Gasteiger partial charge < -0.3 is 0 Å². The molecule has 18 heavy (non-hydrogen) atoms. The van der Waals surface area contributed by atoms with Gasteiger partial charge in [0, 0.05) is 18.0 Å². The van der Waals surface area contributed by atoms with Gasteiger partial charge in [-0.05, 0) is 19.4 Å². The zero-order chi connectivity index (χ0) is 13.9. The highest BCUT2D eigenvalue weighted by Gasteiger charge is 2.26. The van der Waals surface area contributed by atoms with Crippen LogP contribution in [0.5, 0.6) is 0 Å². The lowest BCUT2D eigenvalue weighted by atomic mass is 10.3. The number of rotatable bonds is 5. The van der Waals surface area contributed by atoms with Gasteiger partial charge in [-0.1, -0.05) is 11.6 Å². The number of nitro benzene ring substituents is 1. The van der Waals surface area contributed by atoms with Crippen LogP contribution in [-0.4, -0.2) is 24.5 Å². The molecule has 1 aromatic carbocycles. The number of non-ortho nitro benzene ring substituents is 1. The molecular weight excluding hydrogens is 301 g/mol. The van der Waals surface area contributed by atoms with Crippen LogP contribution in [0.3, 0.4) is 0 Å². The molecule has 1 unspecified atom stereocenters. The number of halogens is 2. The summed E-state index contributed by atoms with van der Waals surface area (Å²) in [5.74, 6) is 0.213. The summed E-state index contributed by atoms with van der Waals surface area (Å²) in [6.45, 7) is 1.52. The zero-order valence-electron chi connectivity index (χ0n) is 9.47. The first-order valence-electron chi connectivity index (χ1n) is 5.04. The first-order valence-corrected chi connectivity index (χ1v) is 7.50. The smallest absolute Gasteiger partial charge is 0.258 e. The monoisotopic (exact) mass is 311 g/mol. The maximum Gasteiger partial charge on any atom is 0.271 e. The third-order valence-corrected chi connectivity index (χ3v) is 5.39. The van der Waals surface area contributed by atoms with Crippen molar-refractivity contribution in [1.29, 1.82) is 0 Å². The molecule has 0 radical (unpaired) electrons. The number of alkyl halides is 1. The van der Waals surface area contributed by atoms with Gasteiger partial charge in [0.1, 0.15) is 0 Å². The topological polar surface area (TPSA) is 77.3 Å². The van der Waals surface area contributed by atoms with Crippen LogP contribution in [-0.2, 0) is 9.84 Å². The van der Waals surface area contributed by atoms with Crippen LogP contribution in [0.2, 0.25) is 5.02 Å². The third-order valence-electron chi connectivity index (χ3n) is 2.48. The van der Waals surface area contributed by atoms with Gasteiger partial charge in [0.15, 0.2) is 9.84 Å². The van der Waals surface area contributed by atoms with Crippen molar-refractivity contribution in [2.24, 2.45) is 0 Å². The Morgan fingerprint density at radius 3 is 2.50 bits per heavy atom. The minimum atomic E-state index is -3.61. The summed E-state index contributed by atoms with van der Waals surface area (Å²) in [5, 5.41) is 9.70. The molecule has 1 atom stereocenters. The highest BCUT2D eigenvalue weighted by Crippen LogP contribution is 2.29. The lowest BCUT2D eigenvalue weighted by Gasteiger charge is -2.12. The molecule has 0 aliphatic heterocycles. The lowest BCUT2D eigenvalue weighted by Crippen LogP contribution is -2.18. The summed E-state index contributed by atoms with van der Waals surface area (Å²) < 4.78 is 24.2. The van der Waals surface area contributed by atoms with Crippen molar-refractivity contribution < 1.29 is 13.3 Å². The number of sulfone groups is 1. The molecule has 0 amide bonds. The number of nitrogens with zero attached hydrogens (tertiary/aromatic N) is 1. The molecule has 0 aliphatic carbocycles. The second-order valence-corrected chi connectivity index (χ2v) is 6.82. The third kappa shape index (κ3) is 3.13. The number of nitro groups is 1. The van der Waals surface area contributed by atoms with E-state index in [1.165, 1.54) is 6.92 Å². The van der Waals surface area contributed by atoms with E-state index in [9.17, 15) is 18.5 Å². The molecule has 0 aromatic heterocycles. The largest absolute Gasteiger partial charge is 0.271 e. The highest BCUT2D eigenvalue weighted by atomic mass is 35.5. The molecule has 1 rings (SSSR count). The average Bonchev–Trinajstić information content (AvgIpc) is 2.28. The van der Waals surface area contributed by atoms with Gasteiger partial charge in [0.25, 0.3) is 5.69 Å². The zero-order valence-corrected chi connectivity index (χ0v) is 11.8. The summed E-state index contributed by atoms with van der Waals surface area (Å²) in [6.07, 6.45) is 0.289. The average molecular weight is 312 g/mol. The second-order valence-electron chi connectivity index (χ2n) is 3.71. The minimum Gasteiger partial charge on any atom is -0.258 e. The fraction of sp³-hybridized carbons (Fsp3) is 0.400. The van der Waals surface area contributed by atoms with Crippen molar-refractivity contribution in [3.05, 3.63) is 33.3 Å². The molecule has 0 heterocycles. The summed E-state index contributed by atoms with van der Waals surface area (Å²) in [7, 11) is -3.61. The highest BCUT2D eigenvalue weighted by molar-refractivity contribution is 7.92. The maximum atomic E-state index is 12.1. The van der Waals surface area contributed by atoms with Gasteiger partial charge in [-0.15, -0.1) is 11.6 Å². The molecule has 0 saturated heterocycles. The fourth-order valence-electron chi connectivity index (χ4n) is 1.36. The van der Waals surface area contributed by atoms with E-state index in [1.54, 1.807) is 0 Å². The summed E-state index contributed by atoms with van der Waals surface area (Å²) in [6, 6.07) is 3.30. The molecular formula is C10H11Cl2NO4S. The van der Waals surface area contributed by atoms with E-state index >= 15 is 0 Å². The number of hydrogen-bond acceptors (Lipinski definition) is 4. The SMILES string of the molecule is CC(CCCl)S(=O)(=O)c1ccc([N+](=O)[O-])cc1Cl. The van der Waals surface area contributed by atoms with Crippen molar-refractivity contribution in [1.82, 2.24) is 0 Å². The van der Waals surface area contributed by atoms with E-state index in [0.29, 0.717) is 0 Å². The minimum absolute atomic E-state index is 0.104. The first-order chi connectivity index (χ1) is 8.30. The second kappa shape index (κ2) is 5.86. The van der Waals surface area contributed by atoms with Crippen LogP contribution in [0.25, 0.3) is 0 Å². The Morgan fingerprint density at radius 2 is 2.06 bits per heavy atom. The van der Waals surface area contributed by atoms with Gasteiger partial charge in [0.05, 0.1) is 20.1 Å². The van der Waals surface area contributed by atoms with Crippen LogP contribution >= 0.6 is 23.2 Å². The molecule has 0 N–H and O–H groups in total. The van der Waals surface area contributed by atoms with Crippen molar-refractivity contribution >= 4 is 38.7 Å². The van der Waals surface area contributed by atoms with Gasteiger partial charge in [-0.25, -0.2) is 8.42 Å². The maximum absolute atomic E-state index is 12.1. The van der Waals surface area contributed by atoms with E-state index < -0.39 is 20.0 Å². The summed E-state index contributed by atoms with van der Waals surface area (Å²) in [5.41, 5.74) is -0.246. The van der Waals surface area contributed by atoms with Crippen LogP contribution < -0.4 is 0 Å². The van der Waals surface area contributed by atoms with E-state index in [4.69, 9.17) is 23.2 Å². The molecule has 0 spiro atoms. The van der Waals surface area contributed by atoms with Gasteiger partial charge in [-0.2, -0.15) is 0 Å². The lowest BCUT2D eigenvalue weighted by molar-refractivity contribution is -0.384. The van der Waals surface area contributed by atoms with E-state index in [0.717, 1.165) is 18.2 Å². The molecule has 0 saturated carbocycles. The quantitative estimate of drug-likeness (QED) is 0.475. The van der Waals surface area contributed by atoms with Crippen molar-refractivity contribution in [3.63, 3.8) is 0 Å². The normalized spacial score (nSPS) is 13.3. The number of benzene rings is 1. The van der Waals surface area contributed by atoms with E-state index in [-0.39, 0.29) is 27.9 Å². The van der Waals surface area contributed by atoms with E-state index in [1.807, 2.05) is 0 Å². The Kier molecular flexibility index (Phi) is 4.95. The summed E-state index contributed by atoms with van der Waals surface area (Å²) in [4.78, 5) is 9.79. The molecule has 5 nitrogen and oxygen atoms in total. The van der Waals surface area contributed by atoms with Crippen molar-refractivity contribution in [2.75, 3.05) is 5.88 Å². The van der Waals surface area contributed by atoms with Crippen LogP contribution in [0.4, 0.5) is 5.69 Å². The van der Waals surface area contributed by atoms with Crippen molar-refractivity contribution in [2.45, 2.75) is 23.5 Å². The van der Waals surface area contributed by atoms with Crippen molar-refractivity contribution in [3.8, 4) is 0 Å². The Bertz CT molecular complexity index is 559. The van der Waals surface area contributed by atoms with Gasteiger partial charge in [-0.3, -0.25) is 10.1 Å². The molecule has 8 heteroatoms. The fourth-order valence-corrected chi connectivity index (χ4v) is 3.76. The summed E-state index contributed by atoms with van der Waals surface area (Å²) >= 11 is 11.3. The van der Waals surface area contributed by atoms with Crippen LogP contribution in [0, 0.1) is 10.1 Å². The number of hydrogen-bond donors (Lipinski definition) is 0. The van der Waals surface area contributed by atoms with E-state index in [2.05, 4.69) is 0 Å². The van der Waals surface area contributed by atoms with Crippen LogP contribution in [0.15, 0.2) is 23.1 Å². The van der Waals surface area contributed by atoms with Crippen LogP contribution in [0.1, 0.15) is 13.3 Å². The molecule has 100 valence electrons. The Morgan fingerprint density at radius 1 is 1.44 bits per heavy atom. The molecule has 1 aromatic rings. The Balaban J connectivity index is 3.22. The Hall–Kier alpha value is -0.850. The predicted octanol–water partition coefficient (Wildman–Crippen LogP) is 3.04. The molecule has 0 fully saturated rings. The first kappa shape index (κ1) is 15.2. The molecule has 0 bridgehead atoms.